The Morgan fingerprint density at radius 2 is 1.90 bits per heavy atom. The van der Waals surface area contributed by atoms with Crippen LogP contribution in [0.1, 0.15) is 71.6 Å². The van der Waals surface area contributed by atoms with E-state index < -0.39 is 6.10 Å². The van der Waals surface area contributed by atoms with Crippen LogP contribution in [0.4, 0.5) is 0 Å². The monoisotopic (exact) mass is 430 g/mol. The van der Waals surface area contributed by atoms with Crippen molar-refractivity contribution in [3.8, 4) is 0 Å². The van der Waals surface area contributed by atoms with Crippen molar-refractivity contribution < 1.29 is 24.5 Å². The number of aliphatic hydroxyl groups is 2. The highest BCUT2D eigenvalue weighted by atomic mass is 35.5. The number of alkyl halides is 1. The summed E-state index contributed by atoms with van der Waals surface area (Å²) in [5, 5.41) is 21.0. The van der Waals surface area contributed by atoms with Gasteiger partial charge in [-0.3, -0.25) is 0 Å². The van der Waals surface area contributed by atoms with Gasteiger partial charge in [0.2, 0.25) is 0 Å². The summed E-state index contributed by atoms with van der Waals surface area (Å²) < 4.78 is 10.3. The Balaban J connectivity index is 1.72. The van der Waals surface area contributed by atoms with Crippen LogP contribution in [0.15, 0.2) is 12.2 Å². The van der Waals surface area contributed by atoms with E-state index in [4.69, 9.17) is 21.1 Å². The lowest BCUT2D eigenvalue weighted by Crippen LogP contribution is -2.26. The lowest BCUT2D eigenvalue weighted by molar-refractivity contribution is -0.152. The van der Waals surface area contributed by atoms with Crippen LogP contribution in [0.3, 0.4) is 0 Å². The fourth-order valence-corrected chi connectivity index (χ4v) is 5.28. The standard InChI is InChI=1S/C23H39ClO5/c1-16(2)29-23(27)15-28-13-7-6-10-18-19(22(26)14-20(18)24)11-12-21(25)17-8-4-3-5-9-17/h6-7,16-22,25-26H,3-5,8-15H2,1-2H3/b7-6+/t18-,19-,20-,21-,22-/m1/s1. The van der Waals surface area contributed by atoms with Crippen molar-refractivity contribution in [3.05, 3.63) is 12.2 Å². The molecule has 2 fully saturated rings. The molecule has 6 heteroatoms. The molecule has 2 aliphatic rings. The van der Waals surface area contributed by atoms with E-state index in [1.165, 1.54) is 19.3 Å². The van der Waals surface area contributed by atoms with Crippen LogP contribution >= 0.6 is 11.6 Å². The van der Waals surface area contributed by atoms with E-state index in [0.29, 0.717) is 18.9 Å². The highest BCUT2D eigenvalue weighted by Crippen LogP contribution is 2.42. The van der Waals surface area contributed by atoms with Gasteiger partial charge in [0, 0.05) is 5.38 Å². The molecule has 168 valence electrons. The van der Waals surface area contributed by atoms with Gasteiger partial charge in [0.1, 0.15) is 6.61 Å². The summed E-state index contributed by atoms with van der Waals surface area (Å²) in [6, 6.07) is 0. The number of halogens is 1. The number of allylic oxidation sites excluding steroid dienone is 1. The van der Waals surface area contributed by atoms with Crippen molar-refractivity contribution in [3.63, 3.8) is 0 Å². The predicted molar refractivity (Wildman–Crippen MR) is 115 cm³/mol. The Labute approximate surface area is 180 Å². The summed E-state index contributed by atoms with van der Waals surface area (Å²) in [6.07, 6.45) is 12.1. The molecule has 0 heterocycles. The first-order chi connectivity index (χ1) is 13.9. The fraction of sp³-hybridized carbons (Fsp3) is 0.870. The molecule has 2 N–H and O–H groups in total. The number of carbonyl (C=O) groups is 1. The zero-order chi connectivity index (χ0) is 21.2. The Morgan fingerprint density at radius 1 is 1.17 bits per heavy atom. The van der Waals surface area contributed by atoms with E-state index in [-0.39, 0.29) is 42.0 Å². The number of hydrogen-bond acceptors (Lipinski definition) is 5. The van der Waals surface area contributed by atoms with Crippen LogP contribution in [0.25, 0.3) is 0 Å². The van der Waals surface area contributed by atoms with Crippen LogP contribution in [-0.2, 0) is 14.3 Å². The topological polar surface area (TPSA) is 76.0 Å². The first kappa shape index (κ1) is 24.6. The van der Waals surface area contributed by atoms with Crippen LogP contribution < -0.4 is 0 Å². The molecule has 0 bridgehead atoms. The quantitative estimate of drug-likeness (QED) is 0.222. The van der Waals surface area contributed by atoms with Gasteiger partial charge < -0.3 is 19.7 Å². The van der Waals surface area contributed by atoms with E-state index in [2.05, 4.69) is 0 Å². The third kappa shape index (κ3) is 8.56. The molecule has 2 aliphatic carbocycles. The maximum atomic E-state index is 11.4. The fourth-order valence-electron chi connectivity index (χ4n) is 4.81. The first-order valence-corrected chi connectivity index (χ1v) is 11.7. The Bertz CT molecular complexity index is 503. The van der Waals surface area contributed by atoms with E-state index in [1.807, 2.05) is 12.2 Å². The lowest BCUT2D eigenvalue weighted by Gasteiger charge is -2.29. The molecule has 29 heavy (non-hydrogen) atoms. The molecular weight excluding hydrogens is 392 g/mol. The van der Waals surface area contributed by atoms with Crippen LogP contribution in [0.5, 0.6) is 0 Å². The van der Waals surface area contributed by atoms with Crippen molar-refractivity contribution in [1.82, 2.24) is 0 Å². The predicted octanol–water partition coefficient (Wildman–Crippen LogP) is 4.23. The molecule has 2 saturated carbocycles. The van der Waals surface area contributed by atoms with Crippen molar-refractivity contribution in [2.45, 2.75) is 95.3 Å². The maximum Gasteiger partial charge on any atom is 0.332 e. The Kier molecular flexibility index (Phi) is 11.0. The molecule has 5 atom stereocenters. The molecule has 0 spiro atoms. The van der Waals surface area contributed by atoms with Gasteiger partial charge in [-0.1, -0.05) is 31.4 Å². The van der Waals surface area contributed by atoms with Crippen LogP contribution in [0, 0.1) is 17.8 Å². The second-order valence-corrected chi connectivity index (χ2v) is 9.51. The minimum absolute atomic E-state index is 0.0478. The van der Waals surface area contributed by atoms with Gasteiger partial charge in [0.15, 0.2) is 0 Å². The lowest BCUT2D eigenvalue weighted by atomic mass is 9.81. The average Bonchev–Trinajstić information content (AvgIpc) is 2.95. The van der Waals surface area contributed by atoms with Gasteiger partial charge in [0.05, 0.1) is 24.9 Å². The van der Waals surface area contributed by atoms with Crippen LogP contribution in [0.2, 0.25) is 0 Å². The van der Waals surface area contributed by atoms with E-state index in [1.54, 1.807) is 13.8 Å². The van der Waals surface area contributed by atoms with Gasteiger partial charge >= 0.3 is 5.97 Å². The number of esters is 1. The van der Waals surface area contributed by atoms with Crippen molar-refractivity contribution in [2.24, 2.45) is 17.8 Å². The molecule has 2 rings (SSSR count). The zero-order valence-corrected chi connectivity index (χ0v) is 18.7. The largest absolute Gasteiger partial charge is 0.461 e. The van der Waals surface area contributed by atoms with Crippen LogP contribution in [-0.4, -0.2) is 53.1 Å². The van der Waals surface area contributed by atoms with Gasteiger partial charge in [-0.15, -0.1) is 11.6 Å². The molecule has 0 amide bonds. The van der Waals surface area contributed by atoms with E-state index in [9.17, 15) is 15.0 Å². The summed E-state index contributed by atoms with van der Waals surface area (Å²) in [6.45, 7) is 3.91. The molecule has 0 aliphatic heterocycles. The number of hydrogen-bond donors (Lipinski definition) is 2. The molecular formula is C23H39ClO5. The molecule has 0 unspecified atom stereocenters. The number of ether oxygens (including phenoxy) is 2. The van der Waals surface area contributed by atoms with Crippen molar-refractivity contribution in [2.75, 3.05) is 13.2 Å². The van der Waals surface area contributed by atoms with Crippen molar-refractivity contribution in [1.29, 1.82) is 0 Å². The molecule has 0 saturated heterocycles. The number of aliphatic hydroxyl groups excluding tert-OH is 2. The SMILES string of the molecule is CC(C)OC(=O)COC/C=C/C[C@@H]1[C@@H](CC[C@@H](O)C2CCCCC2)[C@H](O)C[C@H]1Cl. The minimum Gasteiger partial charge on any atom is -0.461 e. The normalized spacial score (nSPS) is 29.6. The minimum atomic E-state index is -0.392. The third-order valence-corrected chi connectivity index (χ3v) is 6.84. The summed E-state index contributed by atoms with van der Waals surface area (Å²) in [5.41, 5.74) is 0. The molecule has 0 radical (unpaired) electrons. The Hall–Kier alpha value is -0.620. The number of rotatable bonds is 11. The van der Waals surface area contributed by atoms with E-state index >= 15 is 0 Å². The average molecular weight is 431 g/mol. The highest BCUT2D eigenvalue weighted by Gasteiger charge is 2.40. The third-order valence-electron chi connectivity index (χ3n) is 6.34. The molecule has 0 aromatic carbocycles. The summed E-state index contributed by atoms with van der Waals surface area (Å²) >= 11 is 6.51. The smallest absolute Gasteiger partial charge is 0.332 e. The van der Waals surface area contributed by atoms with E-state index in [0.717, 1.165) is 32.1 Å². The van der Waals surface area contributed by atoms with Gasteiger partial charge in [-0.2, -0.15) is 0 Å². The molecule has 5 nitrogen and oxygen atoms in total. The number of carbonyl (C=O) groups excluding carboxylic acids is 1. The first-order valence-electron chi connectivity index (χ1n) is 11.3. The van der Waals surface area contributed by atoms with Crippen molar-refractivity contribution >= 4 is 17.6 Å². The summed E-state index contributed by atoms with van der Waals surface area (Å²) in [4.78, 5) is 11.4. The maximum absolute atomic E-state index is 11.4. The van der Waals surface area contributed by atoms with Gasteiger partial charge in [-0.25, -0.2) is 4.79 Å². The Morgan fingerprint density at radius 3 is 2.59 bits per heavy atom. The zero-order valence-electron chi connectivity index (χ0n) is 18.0. The molecule has 0 aromatic rings. The van der Waals surface area contributed by atoms with Gasteiger partial charge in [0.25, 0.3) is 0 Å². The summed E-state index contributed by atoms with van der Waals surface area (Å²) in [7, 11) is 0. The second kappa shape index (κ2) is 12.9. The van der Waals surface area contributed by atoms with Gasteiger partial charge in [-0.05, 0) is 70.1 Å². The molecule has 0 aromatic heterocycles. The highest BCUT2D eigenvalue weighted by molar-refractivity contribution is 6.21. The second-order valence-electron chi connectivity index (χ2n) is 8.95. The summed E-state index contributed by atoms with van der Waals surface area (Å²) in [5.74, 6) is 0.395.